The zero-order valence-electron chi connectivity index (χ0n) is 16.3. The van der Waals surface area contributed by atoms with Crippen molar-refractivity contribution >= 4 is 23.9 Å². The molecule has 3 amide bonds. The second-order valence-electron chi connectivity index (χ2n) is 6.32. The van der Waals surface area contributed by atoms with Crippen molar-refractivity contribution < 1.29 is 28.7 Å². The number of methoxy groups -OCH3 is 1. The lowest BCUT2D eigenvalue weighted by Gasteiger charge is -2.21. The molecule has 0 spiro atoms. The Kier molecular flexibility index (Phi) is 10.1. The topological polar surface area (TPSA) is 123 Å². The van der Waals surface area contributed by atoms with Crippen LogP contribution in [-0.4, -0.2) is 50.1 Å². The predicted octanol–water partition coefficient (Wildman–Crippen LogP) is 0.733. The maximum atomic E-state index is 12.3. The van der Waals surface area contributed by atoms with Gasteiger partial charge in [0, 0.05) is 6.54 Å². The van der Waals surface area contributed by atoms with Crippen molar-refractivity contribution in [3.05, 3.63) is 35.9 Å². The molecule has 9 heteroatoms. The van der Waals surface area contributed by atoms with Crippen molar-refractivity contribution in [2.75, 3.05) is 20.2 Å². The van der Waals surface area contributed by atoms with Gasteiger partial charge in [-0.25, -0.2) is 4.79 Å². The van der Waals surface area contributed by atoms with Gasteiger partial charge in [-0.3, -0.25) is 14.4 Å². The molecular weight excluding hydrogens is 366 g/mol. The number of alkyl carbamates (subject to hydrolysis) is 1. The summed E-state index contributed by atoms with van der Waals surface area (Å²) < 4.78 is 9.58. The van der Waals surface area contributed by atoms with Crippen molar-refractivity contribution in [2.24, 2.45) is 5.92 Å². The Morgan fingerprint density at radius 3 is 2.32 bits per heavy atom. The van der Waals surface area contributed by atoms with E-state index in [4.69, 9.17) is 4.74 Å². The van der Waals surface area contributed by atoms with Crippen LogP contribution in [0.2, 0.25) is 0 Å². The first-order valence-corrected chi connectivity index (χ1v) is 8.92. The highest BCUT2D eigenvalue weighted by Crippen LogP contribution is 2.04. The summed E-state index contributed by atoms with van der Waals surface area (Å²) in [5, 5.41) is 7.45. The van der Waals surface area contributed by atoms with Gasteiger partial charge in [-0.2, -0.15) is 0 Å². The Labute approximate surface area is 164 Å². The molecule has 0 bridgehead atoms. The van der Waals surface area contributed by atoms with Gasteiger partial charge >= 0.3 is 12.1 Å². The van der Waals surface area contributed by atoms with E-state index in [2.05, 4.69) is 20.7 Å². The lowest BCUT2D eigenvalue weighted by Crippen LogP contribution is -2.51. The van der Waals surface area contributed by atoms with E-state index >= 15 is 0 Å². The molecule has 0 radical (unpaired) electrons. The van der Waals surface area contributed by atoms with E-state index in [0.29, 0.717) is 0 Å². The number of ether oxygens (including phenoxy) is 2. The number of amides is 3. The minimum atomic E-state index is -0.855. The van der Waals surface area contributed by atoms with Gasteiger partial charge in [-0.05, 0) is 11.5 Å². The molecule has 9 nitrogen and oxygen atoms in total. The quantitative estimate of drug-likeness (QED) is 0.504. The summed E-state index contributed by atoms with van der Waals surface area (Å²) in [6.45, 7) is 3.45. The van der Waals surface area contributed by atoms with Crippen molar-refractivity contribution in [3.8, 4) is 0 Å². The van der Waals surface area contributed by atoms with E-state index in [9.17, 15) is 19.2 Å². The lowest BCUT2D eigenvalue weighted by atomic mass is 10.0. The van der Waals surface area contributed by atoms with Crippen LogP contribution >= 0.6 is 0 Å². The van der Waals surface area contributed by atoms with E-state index in [1.54, 1.807) is 13.8 Å². The fourth-order valence-corrected chi connectivity index (χ4v) is 2.17. The smallest absolute Gasteiger partial charge is 0.408 e. The Hall–Kier alpha value is -3.10. The Morgan fingerprint density at radius 2 is 1.71 bits per heavy atom. The minimum absolute atomic E-state index is 0.0413. The van der Waals surface area contributed by atoms with E-state index in [1.165, 1.54) is 7.11 Å². The van der Waals surface area contributed by atoms with Crippen LogP contribution in [0.4, 0.5) is 4.79 Å². The molecule has 1 rings (SSSR count). The van der Waals surface area contributed by atoms with Crippen LogP contribution in [0.15, 0.2) is 30.3 Å². The van der Waals surface area contributed by atoms with Crippen molar-refractivity contribution in [1.29, 1.82) is 0 Å². The number of hydrogen-bond acceptors (Lipinski definition) is 6. The molecule has 3 N–H and O–H groups in total. The second kappa shape index (κ2) is 12.3. The van der Waals surface area contributed by atoms with Crippen LogP contribution in [-0.2, 0) is 30.5 Å². The van der Waals surface area contributed by atoms with E-state index < -0.39 is 29.9 Å². The third-order valence-electron chi connectivity index (χ3n) is 3.74. The Balaban J connectivity index is 2.40. The third-order valence-corrected chi connectivity index (χ3v) is 3.74. The normalized spacial score (nSPS) is 11.3. The summed E-state index contributed by atoms with van der Waals surface area (Å²) in [6.07, 6.45) is -0.681. The summed E-state index contributed by atoms with van der Waals surface area (Å²) >= 11 is 0. The molecule has 1 atom stereocenters. The Bertz CT molecular complexity index is 663. The molecule has 1 aromatic carbocycles. The highest BCUT2D eigenvalue weighted by atomic mass is 16.5. The number of rotatable bonds is 10. The third kappa shape index (κ3) is 9.02. The van der Waals surface area contributed by atoms with Crippen LogP contribution in [0.25, 0.3) is 0 Å². The average molecular weight is 393 g/mol. The molecule has 0 saturated heterocycles. The van der Waals surface area contributed by atoms with E-state index in [1.807, 2.05) is 30.3 Å². The highest BCUT2D eigenvalue weighted by molar-refractivity contribution is 5.89. The molecule has 0 fully saturated rings. The molecule has 28 heavy (non-hydrogen) atoms. The maximum absolute atomic E-state index is 12.3. The maximum Gasteiger partial charge on any atom is 0.408 e. The summed E-state index contributed by atoms with van der Waals surface area (Å²) in [6, 6.07) is 8.30. The molecule has 0 aromatic heterocycles. The predicted molar refractivity (Wildman–Crippen MR) is 101 cm³/mol. The van der Waals surface area contributed by atoms with Gasteiger partial charge in [0.1, 0.15) is 12.6 Å². The first kappa shape index (κ1) is 22.9. The molecule has 154 valence electrons. The van der Waals surface area contributed by atoms with Crippen LogP contribution < -0.4 is 16.0 Å². The highest BCUT2D eigenvalue weighted by Gasteiger charge is 2.25. The standard InChI is InChI=1S/C19H27N3O6/c1-13(2)17(22-19(26)28-12-14-7-5-4-6-8-14)18(25)21-11-15(23)20-10-9-16(24)27-3/h4-8,13,17H,9-12H2,1-3H3,(H,20,23)(H,21,25)(H,22,26). The van der Waals surface area contributed by atoms with Crippen molar-refractivity contribution in [3.63, 3.8) is 0 Å². The monoisotopic (exact) mass is 393 g/mol. The molecule has 0 aliphatic heterocycles. The number of nitrogens with one attached hydrogen (secondary N) is 3. The zero-order valence-corrected chi connectivity index (χ0v) is 16.3. The van der Waals surface area contributed by atoms with E-state index in [0.717, 1.165) is 5.56 Å². The van der Waals surface area contributed by atoms with Gasteiger partial charge in [0.05, 0.1) is 20.1 Å². The lowest BCUT2D eigenvalue weighted by molar-refractivity contribution is -0.140. The van der Waals surface area contributed by atoms with Crippen molar-refractivity contribution in [1.82, 2.24) is 16.0 Å². The van der Waals surface area contributed by atoms with Crippen LogP contribution in [0, 0.1) is 5.92 Å². The summed E-state index contributed by atoms with van der Waals surface area (Å²) in [4.78, 5) is 46.9. The molecule has 0 saturated carbocycles. The van der Waals surface area contributed by atoms with Crippen LogP contribution in [0.1, 0.15) is 25.8 Å². The average Bonchev–Trinajstić information content (AvgIpc) is 2.69. The molecule has 0 aliphatic carbocycles. The first-order valence-electron chi connectivity index (χ1n) is 8.92. The first-order chi connectivity index (χ1) is 13.3. The minimum Gasteiger partial charge on any atom is -0.469 e. The SMILES string of the molecule is COC(=O)CCNC(=O)CNC(=O)C(NC(=O)OCc1ccccc1)C(C)C. The van der Waals surface area contributed by atoms with Gasteiger partial charge in [-0.15, -0.1) is 0 Å². The summed E-state index contributed by atoms with van der Waals surface area (Å²) in [5.41, 5.74) is 0.826. The molecular formula is C19H27N3O6. The van der Waals surface area contributed by atoms with Gasteiger partial charge < -0.3 is 25.4 Å². The summed E-state index contributed by atoms with van der Waals surface area (Å²) in [7, 11) is 1.26. The number of benzene rings is 1. The molecule has 0 aliphatic rings. The number of esters is 1. The second-order valence-corrected chi connectivity index (χ2v) is 6.32. The van der Waals surface area contributed by atoms with Crippen LogP contribution in [0.5, 0.6) is 0 Å². The number of hydrogen-bond donors (Lipinski definition) is 3. The fraction of sp³-hybridized carbons (Fsp3) is 0.474. The molecule has 1 aromatic rings. The fourth-order valence-electron chi connectivity index (χ4n) is 2.17. The number of carbonyl (C=O) groups excluding carboxylic acids is 4. The largest absolute Gasteiger partial charge is 0.469 e. The van der Waals surface area contributed by atoms with E-state index in [-0.39, 0.29) is 32.0 Å². The van der Waals surface area contributed by atoms with Gasteiger partial charge in [0.25, 0.3) is 0 Å². The Morgan fingerprint density at radius 1 is 1.04 bits per heavy atom. The van der Waals surface area contributed by atoms with Crippen molar-refractivity contribution in [2.45, 2.75) is 32.9 Å². The zero-order chi connectivity index (χ0) is 20.9. The summed E-state index contributed by atoms with van der Waals surface area (Å²) in [5.74, 6) is -1.62. The van der Waals surface area contributed by atoms with Gasteiger partial charge in [0.2, 0.25) is 11.8 Å². The van der Waals surface area contributed by atoms with Crippen LogP contribution in [0.3, 0.4) is 0 Å². The van der Waals surface area contributed by atoms with Gasteiger partial charge in [-0.1, -0.05) is 44.2 Å². The molecule has 1 unspecified atom stereocenters. The molecule has 0 heterocycles. The van der Waals surface area contributed by atoms with Gasteiger partial charge in [0.15, 0.2) is 0 Å². The number of carbonyl (C=O) groups is 4.